The average Bonchev–Trinajstić information content (AvgIpc) is 2.72. The maximum Gasteiger partial charge on any atom is 0.314 e. The first-order valence-electron chi connectivity index (χ1n) is 5.27. The molecule has 0 saturated heterocycles. The lowest BCUT2D eigenvalue weighted by molar-refractivity contribution is -0.139. The third kappa shape index (κ3) is 2.50. The van der Waals surface area contributed by atoms with Crippen molar-refractivity contribution in [3.8, 4) is 0 Å². The van der Waals surface area contributed by atoms with Crippen LogP contribution in [0.1, 0.15) is 17.3 Å². The number of aliphatic carboxylic acids is 1. The van der Waals surface area contributed by atoms with E-state index in [1.807, 2.05) is 0 Å². The minimum absolute atomic E-state index is 0.140. The van der Waals surface area contributed by atoms with Gasteiger partial charge in [0.25, 0.3) is 0 Å². The second-order valence-electron chi connectivity index (χ2n) is 3.89. The van der Waals surface area contributed by atoms with E-state index in [4.69, 9.17) is 0 Å². The molecule has 0 saturated carbocycles. The third-order valence-electron chi connectivity index (χ3n) is 2.59. The summed E-state index contributed by atoms with van der Waals surface area (Å²) in [5, 5.41) is 19.9. The van der Waals surface area contributed by atoms with Crippen LogP contribution in [0.4, 0.5) is 4.39 Å². The Bertz CT molecular complexity index is 570. The SMILES string of the molecule is Cn1nnnc1C(Cc1cccc(F)c1)C(=O)O. The van der Waals surface area contributed by atoms with E-state index >= 15 is 0 Å². The van der Waals surface area contributed by atoms with Crippen molar-refractivity contribution in [1.82, 2.24) is 20.2 Å². The van der Waals surface area contributed by atoms with Gasteiger partial charge in [0.15, 0.2) is 5.82 Å². The van der Waals surface area contributed by atoms with Gasteiger partial charge in [0.05, 0.1) is 0 Å². The Balaban J connectivity index is 2.28. The number of aromatic nitrogens is 4. The standard InChI is InChI=1S/C11H11FN4O2/c1-16-10(13-14-15-16)9(11(17)18)6-7-3-2-4-8(12)5-7/h2-5,9H,6H2,1H3,(H,17,18). The van der Waals surface area contributed by atoms with Crippen molar-refractivity contribution < 1.29 is 14.3 Å². The fourth-order valence-corrected chi connectivity index (χ4v) is 1.72. The molecule has 6 nitrogen and oxygen atoms in total. The van der Waals surface area contributed by atoms with Gasteiger partial charge < -0.3 is 5.11 Å². The number of carboxylic acid groups (broad SMARTS) is 1. The predicted octanol–water partition coefficient (Wildman–Crippen LogP) is 0.760. The van der Waals surface area contributed by atoms with Crippen LogP contribution in [0.3, 0.4) is 0 Å². The van der Waals surface area contributed by atoms with Crippen LogP contribution in [-0.4, -0.2) is 31.3 Å². The topological polar surface area (TPSA) is 80.9 Å². The maximum atomic E-state index is 13.0. The van der Waals surface area contributed by atoms with Crippen LogP contribution >= 0.6 is 0 Å². The van der Waals surface area contributed by atoms with Gasteiger partial charge in [-0.2, -0.15) is 0 Å². The number of benzene rings is 1. The number of halogens is 1. The number of carboxylic acids is 1. The number of carbonyl (C=O) groups is 1. The number of hydrogen-bond acceptors (Lipinski definition) is 4. The Morgan fingerprint density at radius 1 is 1.56 bits per heavy atom. The molecule has 2 aromatic rings. The summed E-state index contributed by atoms with van der Waals surface area (Å²) >= 11 is 0. The van der Waals surface area contributed by atoms with Crippen LogP contribution in [0.2, 0.25) is 0 Å². The van der Waals surface area contributed by atoms with Crippen molar-refractivity contribution in [3.05, 3.63) is 41.5 Å². The van der Waals surface area contributed by atoms with E-state index in [1.165, 1.54) is 16.8 Å². The monoisotopic (exact) mass is 250 g/mol. The Kier molecular flexibility index (Phi) is 3.31. The lowest BCUT2D eigenvalue weighted by Crippen LogP contribution is -2.19. The van der Waals surface area contributed by atoms with Crippen LogP contribution in [0, 0.1) is 5.82 Å². The second kappa shape index (κ2) is 4.91. The lowest BCUT2D eigenvalue weighted by atomic mass is 9.98. The van der Waals surface area contributed by atoms with Crippen molar-refractivity contribution in [1.29, 1.82) is 0 Å². The van der Waals surface area contributed by atoms with Gasteiger partial charge >= 0.3 is 5.97 Å². The molecular formula is C11H11FN4O2. The largest absolute Gasteiger partial charge is 0.481 e. The molecule has 1 N–H and O–H groups in total. The molecule has 0 fully saturated rings. The highest BCUT2D eigenvalue weighted by Crippen LogP contribution is 2.19. The number of tetrazole rings is 1. The van der Waals surface area contributed by atoms with Crippen LogP contribution in [0.5, 0.6) is 0 Å². The molecule has 18 heavy (non-hydrogen) atoms. The van der Waals surface area contributed by atoms with E-state index in [0.717, 1.165) is 0 Å². The number of aryl methyl sites for hydroxylation is 1. The van der Waals surface area contributed by atoms with E-state index in [-0.39, 0.29) is 12.2 Å². The third-order valence-corrected chi connectivity index (χ3v) is 2.59. The molecule has 0 spiro atoms. The average molecular weight is 250 g/mol. The molecule has 0 amide bonds. The summed E-state index contributed by atoms with van der Waals surface area (Å²) in [5.41, 5.74) is 0.588. The molecular weight excluding hydrogens is 239 g/mol. The van der Waals surface area contributed by atoms with E-state index in [0.29, 0.717) is 5.56 Å². The summed E-state index contributed by atoms with van der Waals surface area (Å²) in [4.78, 5) is 11.2. The highest BCUT2D eigenvalue weighted by molar-refractivity contribution is 5.75. The zero-order valence-electron chi connectivity index (χ0n) is 9.62. The van der Waals surface area contributed by atoms with Crippen molar-refractivity contribution in [2.75, 3.05) is 0 Å². The minimum atomic E-state index is -1.04. The molecule has 0 radical (unpaired) electrons. The van der Waals surface area contributed by atoms with Crippen LogP contribution in [-0.2, 0) is 18.3 Å². The zero-order valence-corrected chi connectivity index (χ0v) is 9.62. The summed E-state index contributed by atoms with van der Waals surface area (Å²) in [7, 11) is 1.57. The quantitative estimate of drug-likeness (QED) is 0.866. The second-order valence-corrected chi connectivity index (χ2v) is 3.89. The molecule has 0 aliphatic rings. The van der Waals surface area contributed by atoms with Gasteiger partial charge in [0.2, 0.25) is 0 Å². The number of nitrogens with zero attached hydrogens (tertiary/aromatic N) is 4. The van der Waals surface area contributed by atoms with Crippen molar-refractivity contribution >= 4 is 5.97 Å². The highest BCUT2D eigenvalue weighted by Gasteiger charge is 2.25. The molecule has 2 rings (SSSR count). The van der Waals surface area contributed by atoms with E-state index in [1.54, 1.807) is 19.2 Å². The van der Waals surface area contributed by atoms with Gasteiger partial charge in [-0.05, 0) is 34.5 Å². The predicted molar refractivity (Wildman–Crippen MR) is 59.3 cm³/mol. The number of rotatable bonds is 4. The summed E-state index contributed by atoms with van der Waals surface area (Å²) in [6.45, 7) is 0. The van der Waals surface area contributed by atoms with Gasteiger partial charge in [-0.25, -0.2) is 9.07 Å². The molecule has 0 aliphatic heterocycles. The molecule has 1 heterocycles. The summed E-state index contributed by atoms with van der Waals surface area (Å²) in [5.74, 6) is -2.09. The first kappa shape index (κ1) is 12.2. The van der Waals surface area contributed by atoms with Gasteiger partial charge in [-0.1, -0.05) is 12.1 Å². The Hall–Kier alpha value is -2.31. The molecule has 0 bridgehead atoms. The van der Waals surface area contributed by atoms with Gasteiger partial charge in [0.1, 0.15) is 11.7 Å². The fourth-order valence-electron chi connectivity index (χ4n) is 1.72. The fraction of sp³-hybridized carbons (Fsp3) is 0.273. The normalized spacial score (nSPS) is 12.3. The lowest BCUT2D eigenvalue weighted by Gasteiger charge is -2.10. The van der Waals surface area contributed by atoms with Crippen LogP contribution < -0.4 is 0 Å². The van der Waals surface area contributed by atoms with E-state index < -0.39 is 17.7 Å². The first-order valence-corrected chi connectivity index (χ1v) is 5.27. The van der Waals surface area contributed by atoms with Crippen LogP contribution in [0.25, 0.3) is 0 Å². The summed E-state index contributed by atoms with van der Waals surface area (Å²) in [6, 6.07) is 5.82. The van der Waals surface area contributed by atoms with Gasteiger partial charge in [-0.15, -0.1) is 5.10 Å². The number of hydrogen-bond donors (Lipinski definition) is 1. The van der Waals surface area contributed by atoms with Gasteiger partial charge in [0, 0.05) is 7.05 Å². The molecule has 1 aromatic carbocycles. The molecule has 0 aliphatic carbocycles. The molecule has 94 valence electrons. The van der Waals surface area contributed by atoms with Crippen molar-refractivity contribution in [2.45, 2.75) is 12.3 Å². The smallest absolute Gasteiger partial charge is 0.314 e. The summed E-state index contributed by atoms with van der Waals surface area (Å²) < 4.78 is 14.4. The Morgan fingerprint density at radius 3 is 2.89 bits per heavy atom. The maximum absolute atomic E-state index is 13.0. The van der Waals surface area contributed by atoms with Crippen molar-refractivity contribution in [2.24, 2.45) is 7.05 Å². The molecule has 7 heteroatoms. The minimum Gasteiger partial charge on any atom is -0.481 e. The van der Waals surface area contributed by atoms with Crippen LogP contribution in [0.15, 0.2) is 24.3 Å². The van der Waals surface area contributed by atoms with E-state index in [2.05, 4.69) is 15.5 Å². The Morgan fingerprint density at radius 2 is 2.33 bits per heavy atom. The summed E-state index contributed by atoms with van der Waals surface area (Å²) in [6.07, 6.45) is 0.140. The van der Waals surface area contributed by atoms with Gasteiger partial charge in [-0.3, -0.25) is 4.79 Å². The zero-order chi connectivity index (χ0) is 13.1. The molecule has 1 atom stereocenters. The molecule has 1 aromatic heterocycles. The van der Waals surface area contributed by atoms with E-state index in [9.17, 15) is 14.3 Å². The highest BCUT2D eigenvalue weighted by atomic mass is 19.1. The first-order chi connectivity index (χ1) is 8.58. The molecule has 1 unspecified atom stereocenters. The van der Waals surface area contributed by atoms with Crippen molar-refractivity contribution in [3.63, 3.8) is 0 Å². The Labute approximate surface area is 102 Å².